The Morgan fingerprint density at radius 2 is 1.96 bits per heavy atom. The molecule has 25 heavy (non-hydrogen) atoms. The van der Waals surface area contributed by atoms with E-state index < -0.39 is 33.2 Å². The first kappa shape index (κ1) is 16.6. The number of hydrogen-bond acceptors (Lipinski definition) is 6. The van der Waals surface area contributed by atoms with Crippen molar-refractivity contribution >= 4 is 21.7 Å². The summed E-state index contributed by atoms with van der Waals surface area (Å²) in [5.74, 6) is -0.780. The molecule has 4 rings (SSSR count). The molecule has 0 radical (unpaired) electrons. The molecule has 0 amide bonds. The van der Waals surface area contributed by atoms with Gasteiger partial charge in [0.1, 0.15) is 11.7 Å². The van der Waals surface area contributed by atoms with Gasteiger partial charge in [0, 0.05) is 11.2 Å². The van der Waals surface area contributed by atoms with Crippen molar-refractivity contribution in [3.63, 3.8) is 0 Å². The van der Waals surface area contributed by atoms with Crippen LogP contribution < -0.4 is 10.5 Å². The van der Waals surface area contributed by atoms with Crippen LogP contribution in [0.15, 0.2) is 40.8 Å². The van der Waals surface area contributed by atoms with Crippen LogP contribution in [0.2, 0.25) is 0 Å². The smallest absolute Gasteiger partial charge is 0.337 e. The zero-order valence-corrected chi connectivity index (χ0v) is 14.5. The summed E-state index contributed by atoms with van der Waals surface area (Å²) >= 11 is 0. The average Bonchev–Trinajstić information content (AvgIpc) is 2.95. The molecule has 0 aromatic heterocycles. The predicted octanol–water partition coefficient (Wildman–Crippen LogP) is 0.702. The number of carbonyl (C=O) groups is 1. The van der Waals surface area contributed by atoms with Crippen molar-refractivity contribution in [2.45, 2.75) is 48.3 Å². The van der Waals surface area contributed by atoms with Gasteiger partial charge in [0.15, 0.2) is 0 Å². The molecule has 0 spiro atoms. The van der Waals surface area contributed by atoms with Gasteiger partial charge < -0.3 is 15.6 Å². The topological polar surface area (TPSA) is 119 Å². The highest BCUT2D eigenvalue weighted by atomic mass is 32.2. The van der Waals surface area contributed by atoms with Gasteiger partial charge in [-0.15, -0.1) is 0 Å². The van der Waals surface area contributed by atoms with Gasteiger partial charge in [0.05, 0.1) is 10.5 Å². The highest BCUT2D eigenvalue weighted by Crippen LogP contribution is 2.53. The Balaban J connectivity index is 1.70. The van der Waals surface area contributed by atoms with E-state index in [1.165, 1.54) is 30.3 Å². The summed E-state index contributed by atoms with van der Waals surface area (Å²) < 4.78 is 33.4. The lowest BCUT2D eigenvalue weighted by molar-refractivity contribution is -0.140. The van der Waals surface area contributed by atoms with Gasteiger partial charge in [-0.05, 0) is 56.4 Å². The molecule has 0 bridgehead atoms. The Morgan fingerprint density at radius 3 is 2.64 bits per heavy atom. The Bertz CT molecular complexity index is 879. The minimum atomic E-state index is -3.80. The van der Waals surface area contributed by atoms with Crippen molar-refractivity contribution in [2.24, 2.45) is 5.92 Å². The number of carbonyl (C=O) groups excluding carboxylic acids is 1. The van der Waals surface area contributed by atoms with E-state index in [9.17, 15) is 18.3 Å². The van der Waals surface area contributed by atoms with Gasteiger partial charge in [-0.1, -0.05) is 6.08 Å². The number of nitrogens with one attached hydrogen (secondary N) is 1. The SMILES string of the molecule is C[C@]1(NS(=O)(=O)c2ccc(N)cc2)C=C2C(=O)O[C@@H]3CCC(C1)[C@]23O. The Hall–Kier alpha value is -1.90. The highest BCUT2D eigenvalue weighted by molar-refractivity contribution is 7.89. The van der Waals surface area contributed by atoms with Gasteiger partial charge in [-0.2, -0.15) is 0 Å². The molecule has 4 N–H and O–H groups in total. The van der Waals surface area contributed by atoms with Crippen LogP contribution in [0.1, 0.15) is 26.2 Å². The van der Waals surface area contributed by atoms with E-state index in [4.69, 9.17) is 10.5 Å². The lowest BCUT2D eigenvalue weighted by atomic mass is 9.71. The van der Waals surface area contributed by atoms with Crippen molar-refractivity contribution in [1.82, 2.24) is 4.72 Å². The fraction of sp³-hybridized carbons (Fsp3) is 0.471. The van der Waals surface area contributed by atoms with E-state index in [2.05, 4.69) is 4.72 Å². The van der Waals surface area contributed by atoms with Crippen LogP contribution in [0.5, 0.6) is 0 Å². The van der Waals surface area contributed by atoms with Crippen LogP contribution in [0, 0.1) is 5.92 Å². The van der Waals surface area contributed by atoms with E-state index in [0.29, 0.717) is 24.9 Å². The first-order chi connectivity index (χ1) is 11.6. The first-order valence-corrected chi connectivity index (χ1v) is 9.69. The normalized spacial score (nSPS) is 36.7. The highest BCUT2D eigenvalue weighted by Gasteiger charge is 2.64. The molecule has 1 aliphatic heterocycles. The van der Waals surface area contributed by atoms with Gasteiger partial charge in [0.2, 0.25) is 10.0 Å². The molecule has 2 fully saturated rings. The number of benzene rings is 1. The van der Waals surface area contributed by atoms with Crippen LogP contribution >= 0.6 is 0 Å². The number of hydrogen-bond donors (Lipinski definition) is 3. The van der Waals surface area contributed by atoms with Crippen LogP contribution in [-0.2, 0) is 19.6 Å². The Labute approximate surface area is 145 Å². The zero-order chi connectivity index (χ0) is 18.0. The molecule has 3 aliphatic rings. The second-order valence-corrected chi connectivity index (χ2v) is 9.03. The van der Waals surface area contributed by atoms with Gasteiger partial charge in [-0.3, -0.25) is 0 Å². The zero-order valence-electron chi connectivity index (χ0n) is 13.7. The van der Waals surface area contributed by atoms with Crippen LogP contribution in [0.25, 0.3) is 0 Å². The quantitative estimate of drug-likeness (QED) is 0.537. The van der Waals surface area contributed by atoms with Crippen LogP contribution in [0.4, 0.5) is 5.69 Å². The number of ether oxygens (including phenoxy) is 1. The fourth-order valence-electron chi connectivity index (χ4n) is 4.36. The van der Waals surface area contributed by atoms with E-state index in [-0.39, 0.29) is 16.4 Å². The van der Waals surface area contributed by atoms with Crippen LogP contribution in [-0.4, -0.2) is 36.7 Å². The summed E-state index contributed by atoms with van der Waals surface area (Å²) in [6.07, 6.45) is 2.67. The maximum absolute atomic E-state index is 12.7. The number of nitrogens with two attached hydrogens (primary N) is 1. The number of sulfonamides is 1. The van der Waals surface area contributed by atoms with Gasteiger partial charge in [0.25, 0.3) is 0 Å². The molecule has 1 saturated carbocycles. The van der Waals surface area contributed by atoms with E-state index in [1.54, 1.807) is 6.92 Å². The monoisotopic (exact) mass is 364 g/mol. The van der Waals surface area contributed by atoms with E-state index >= 15 is 0 Å². The fourth-order valence-corrected chi connectivity index (χ4v) is 5.73. The van der Waals surface area contributed by atoms with Crippen molar-refractivity contribution < 1.29 is 23.1 Å². The summed E-state index contributed by atoms with van der Waals surface area (Å²) in [5, 5.41) is 11.0. The van der Waals surface area contributed by atoms with Gasteiger partial charge in [-0.25, -0.2) is 17.9 Å². The number of nitrogen functional groups attached to an aromatic ring is 1. The third-order valence-corrected chi connectivity index (χ3v) is 7.11. The molecule has 4 atom stereocenters. The molecule has 8 heteroatoms. The standard InChI is InChI=1S/C17H20N2O5S/c1-16(19-25(22,23)12-5-3-11(18)4-6-12)8-10-2-7-14-17(10,21)13(9-16)15(20)24-14/h3-6,9-10,14,19,21H,2,7-8,18H2,1H3/t10?,14-,16-,17+/m1/s1. The summed E-state index contributed by atoms with van der Waals surface area (Å²) in [7, 11) is -3.80. The largest absolute Gasteiger partial charge is 0.455 e. The summed E-state index contributed by atoms with van der Waals surface area (Å²) in [5.41, 5.74) is 3.98. The molecule has 1 heterocycles. The van der Waals surface area contributed by atoms with Crippen molar-refractivity contribution in [2.75, 3.05) is 5.73 Å². The molecular weight excluding hydrogens is 344 g/mol. The number of aliphatic hydroxyl groups is 1. The average molecular weight is 364 g/mol. The second-order valence-electron chi connectivity index (χ2n) is 7.35. The minimum Gasteiger partial charge on any atom is -0.455 e. The Kier molecular flexibility index (Phi) is 3.35. The van der Waals surface area contributed by atoms with Gasteiger partial charge >= 0.3 is 5.97 Å². The number of esters is 1. The second kappa shape index (κ2) is 5.06. The lowest BCUT2D eigenvalue weighted by Gasteiger charge is -2.40. The summed E-state index contributed by atoms with van der Waals surface area (Å²) in [6, 6.07) is 5.90. The molecule has 1 aromatic carbocycles. The molecule has 1 saturated heterocycles. The predicted molar refractivity (Wildman–Crippen MR) is 89.8 cm³/mol. The van der Waals surface area contributed by atoms with E-state index in [0.717, 1.165) is 0 Å². The van der Waals surface area contributed by atoms with Crippen molar-refractivity contribution in [3.8, 4) is 0 Å². The summed E-state index contributed by atoms with van der Waals surface area (Å²) in [4.78, 5) is 12.2. The molecule has 2 aliphatic carbocycles. The molecule has 1 aromatic rings. The minimum absolute atomic E-state index is 0.0976. The Morgan fingerprint density at radius 1 is 1.28 bits per heavy atom. The first-order valence-electron chi connectivity index (χ1n) is 8.20. The third-order valence-electron chi connectivity index (χ3n) is 5.48. The number of anilines is 1. The lowest BCUT2D eigenvalue weighted by Crippen LogP contribution is -2.54. The van der Waals surface area contributed by atoms with E-state index in [1.807, 2.05) is 0 Å². The maximum atomic E-state index is 12.7. The van der Waals surface area contributed by atoms with Crippen molar-refractivity contribution in [1.29, 1.82) is 0 Å². The molecule has 1 unspecified atom stereocenters. The molecule has 134 valence electrons. The summed E-state index contributed by atoms with van der Waals surface area (Å²) in [6.45, 7) is 1.72. The van der Waals surface area contributed by atoms with Crippen molar-refractivity contribution in [3.05, 3.63) is 35.9 Å². The molecule has 7 nitrogen and oxygen atoms in total. The number of rotatable bonds is 3. The third kappa shape index (κ3) is 2.39. The maximum Gasteiger partial charge on any atom is 0.337 e. The molecular formula is C17H20N2O5S. The van der Waals surface area contributed by atoms with Crippen LogP contribution in [0.3, 0.4) is 0 Å².